The van der Waals surface area contributed by atoms with E-state index in [9.17, 15) is 9.59 Å². The van der Waals surface area contributed by atoms with Crippen molar-refractivity contribution < 1.29 is 14.3 Å². The first kappa shape index (κ1) is 20.0. The Morgan fingerprint density at radius 2 is 1.73 bits per heavy atom. The summed E-state index contributed by atoms with van der Waals surface area (Å²) in [5.74, 6) is 0.0659. The molecule has 5 nitrogen and oxygen atoms in total. The Bertz CT molecular complexity index is 788. The van der Waals surface area contributed by atoms with Crippen LogP contribution in [0.4, 0.5) is 5.69 Å². The Kier molecular flexibility index (Phi) is 6.80. The number of hydrogen-bond acceptors (Lipinski definition) is 3. The molecule has 2 aromatic rings. The highest BCUT2D eigenvalue weighted by Crippen LogP contribution is 2.20. The van der Waals surface area contributed by atoms with Crippen LogP contribution in [0.5, 0.6) is 5.75 Å². The summed E-state index contributed by atoms with van der Waals surface area (Å²) in [6, 6.07) is 11.7. The molecule has 0 saturated carbocycles. The maximum Gasteiger partial charge on any atom is 0.251 e. The van der Waals surface area contributed by atoms with E-state index in [2.05, 4.69) is 26.6 Å². The van der Waals surface area contributed by atoms with E-state index in [-0.39, 0.29) is 17.7 Å². The van der Waals surface area contributed by atoms with E-state index >= 15 is 0 Å². The van der Waals surface area contributed by atoms with Crippen molar-refractivity contribution in [2.24, 2.45) is 5.92 Å². The molecule has 138 valence electrons. The van der Waals surface area contributed by atoms with Gasteiger partial charge in [-0.25, -0.2) is 0 Å². The first-order valence-electron chi connectivity index (χ1n) is 8.33. The normalized spacial score (nSPS) is 11.8. The quantitative estimate of drug-likeness (QED) is 0.739. The van der Waals surface area contributed by atoms with E-state index in [0.29, 0.717) is 17.0 Å². The summed E-state index contributed by atoms with van der Waals surface area (Å²) in [5, 5.41) is 5.69. The fourth-order valence-electron chi connectivity index (χ4n) is 2.44. The molecule has 26 heavy (non-hydrogen) atoms. The summed E-state index contributed by atoms with van der Waals surface area (Å²) in [7, 11) is 1.57. The number of carbonyl (C=O) groups is 2. The molecule has 0 heterocycles. The topological polar surface area (TPSA) is 67.4 Å². The Morgan fingerprint density at radius 1 is 1.08 bits per heavy atom. The van der Waals surface area contributed by atoms with E-state index in [0.717, 1.165) is 10.0 Å². The van der Waals surface area contributed by atoms with Crippen molar-refractivity contribution in [1.29, 1.82) is 0 Å². The van der Waals surface area contributed by atoms with E-state index in [1.54, 1.807) is 31.4 Å². The van der Waals surface area contributed by atoms with Gasteiger partial charge in [-0.1, -0.05) is 29.8 Å². The predicted octanol–water partition coefficient (Wildman–Crippen LogP) is 4.16. The van der Waals surface area contributed by atoms with Gasteiger partial charge in [-0.3, -0.25) is 9.59 Å². The number of benzene rings is 2. The fourth-order valence-corrected chi connectivity index (χ4v) is 2.69. The second-order valence-electron chi connectivity index (χ2n) is 6.38. The molecule has 0 aliphatic carbocycles. The lowest BCUT2D eigenvalue weighted by Gasteiger charge is -2.22. The number of halogens is 1. The molecule has 2 amide bonds. The van der Waals surface area contributed by atoms with Crippen molar-refractivity contribution in [3.63, 3.8) is 0 Å². The standard InChI is InChI=1S/C20H23BrN2O3/c1-12(2)18(20(25)22-15-7-10-17(21)13(3)11-15)23-19(24)14-5-8-16(26-4)9-6-14/h5-12,18H,1-4H3,(H,22,25)(H,23,24)/t18-/m1/s1. The van der Waals surface area contributed by atoms with Crippen molar-refractivity contribution in [2.45, 2.75) is 26.8 Å². The molecule has 0 saturated heterocycles. The van der Waals surface area contributed by atoms with Crippen LogP contribution in [-0.4, -0.2) is 25.0 Å². The third-order valence-corrected chi connectivity index (χ3v) is 4.90. The van der Waals surface area contributed by atoms with Crippen molar-refractivity contribution >= 4 is 33.4 Å². The molecule has 0 aliphatic rings. The molecule has 0 aromatic heterocycles. The van der Waals surface area contributed by atoms with Crippen LogP contribution in [0, 0.1) is 12.8 Å². The number of rotatable bonds is 6. The van der Waals surface area contributed by atoms with E-state index in [1.807, 2.05) is 39.0 Å². The van der Waals surface area contributed by atoms with Crippen LogP contribution in [0.15, 0.2) is 46.9 Å². The smallest absolute Gasteiger partial charge is 0.251 e. The Hall–Kier alpha value is -2.34. The van der Waals surface area contributed by atoms with Gasteiger partial charge in [0.25, 0.3) is 5.91 Å². The van der Waals surface area contributed by atoms with Crippen LogP contribution in [0.3, 0.4) is 0 Å². The van der Waals surface area contributed by atoms with Gasteiger partial charge in [0.15, 0.2) is 0 Å². The van der Waals surface area contributed by atoms with Crippen LogP contribution in [0.1, 0.15) is 29.8 Å². The number of carbonyl (C=O) groups excluding carboxylic acids is 2. The third kappa shape index (κ3) is 5.08. The summed E-state index contributed by atoms with van der Waals surface area (Å²) < 4.78 is 6.07. The zero-order valence-electron chi connectivity index (χ0n) is 15.3. The van der Waals surface area contributed by atoms with Crippen LogP contribution in [0.2, 0.25) is 0 Å². The summed E-state index contributed by atoms with van der Waals surface area (Å²) in [5.41, 5.74) is 2.19. The highest BCUT2D eigenvalue weighted by Gasteiger charge is 2.25. The van der Waals surface area contributed by atoms with Crippen LogP contribution in [0.25, 0.3) is 0 Å². The van der Waals surface area contributed by atoms with Crippen LogP contribution >= 0.6 is 15.9 Å². The second-order valence-corrected chi connectivity index (χ2v) is 7.23. The molecule has 2 N–H and O–H groups in total. The number of amides is 2. The average molecular weight is 419 g/mol. The van der Waals surface area contributed by atoms with Gasteiger partial charge in [-0.2, -0.15) is 0 Å². The summed E-state index contributed by atoms with van der Waals surface area (Å²) in [4.78, 5) is 25.1. The molecule has 2 rings (SSSR count). The minimum absolute atomic E-state index is 0.0613. The lowest BCUT2D eigenvalue weighted by molar-refractivity contribution is -0.118. The SMILES string of the molecule is COc1ccc(C(=O)N[C@@H](C(=O)Nc2ccc(Br)c(C)c2)C(C)C)cc1. The molecular weight excluding hydrogens is 396 g/mol. The van der Waals surface area contributed by atoms with Gasteiger partial charge in [-0.05, 0) is 60.9 Å². The average Bonchev–Trinajstić information content (AvgIpc) is 2.62. The van der Waals surface area contributed by atoms with Gasteiger partial charge in [0, 0.05) is 15.7 Å². The highest BCUT2D eigenvalue weighted by atomic mass is 79.9. The van der Waals surface area contributed by atoms with E-state index < -0.39 is 6.04 Å². The Balaban J connectivity index is 2.10. The molecular formula is C20H23BrN2O3. The molecule has 0 spiro atoms. The molecule has 0 bridgehead atoms. The van der Waals surface area contributed by atoms with Gasteiger partial charge >= 0.3 is 0 Å². The number of methoxy groups -OCH3 is 1. The fraction of sp³-hybridized carbons (Fsp3) is 0.300. The number of ether oxygens (including phenoxy) is 1. The molecule has 0 aliphatic heterocycles. The Labute approximate surface area is 162 Å². The van der Waals surface area contributed by atoms with Crippen LogP contribution < -0.4 is 15.4 Å². The lowest BCUT2D eigenvalue weighted by Crippen LogP contribution is -2.47. The van der Waals surface area contributed by atoms with Gasteiger partial charge in [-0.15, -0.1) is 0 Å². The monoisotopic (exact) mass is 418 g/mol. The minimum Gasteiger partial charge on any atom is -0.497 e. The van der Waals surface area contributed by atoms with Crippen LogP contribution in [-0.2, 0) is 4.79 Å². The number of hydrogen-bond donors (Lipinski definition) is 2. The largest absolute Gasteiger partial charge is 0.497 e. The maximum absolute atomic E-state index is 12.7. The Morgan fingerprint density at radius 3 is 2.27 bits per heavy atom. The minimum atomic E-state index is -0.645. The highest BCUT2D eigenvalue weighted by molar-refractivity contribution is 9.10. The first-order valence-corrected chi connectivity index (χ1v) is 9.13. The summed E-state index contributed by atoms with van der Waals surface area (Å²) >= 11 is 3.44. The summed E-state index contributed by atoms with van der Waals surface area (Å²) in [6.07, 6.45) is 0. The van der Waals surface area contributed by atoms with Crippen molar-refractivity contribution in [1.82, 2.24) is 5.32 Å². The zero-order valence-corrected chi connectivity index (χ0v) is 16.9. The van der Waals surface area contributed by atoms with E-state index in [1.165, 1.54) is 0 Å². The number of nitrogens with one attached hydrogen (secondary N) is 2. The maximum atomic E-state index is 12.7. The van der Waals surface area contributed by atoms with Gasteiger partial charge in [0.05, 0.1) is 7.11 Å². The van der Waals surface area contributed by atoms with Gasteiger partial charge in [0.1, 0.15) is 11.8 Å². The number of anilines is 1. The molecule has 0 fully saturated rings. The van der Waals surface area contributed by atoms with Crippen molar-refractivity contribution in [2.75, 3.05) is 12.4 Å². The second kappa shape index (κ2) is 8.85. The zero-order chi connectivity index (χ0) is 19.3. The van der Waals surface area contributed by atoms with Gasteiger partial charge in [0.2, 0.25) is 5.91 Å². The van der Waals surface area contributed by atoms with E-state index in [4.69, 9.17) is 4.74 Å². The first-order chi connectivity index (χ1) is 12.3. The number of aryl methyl sites for hydroxylation is 1. The molecule has 2 aromatic carbocycles. The van der Waals surface area contributed by atoms with Crippen molar-refractivity contribution in [3.05, 3.63) is 58.1 Å². The van der Waals surface area contributed by atoms with Crippen molar-refractivity contribution in [3.8, 4) is 5.75 Å². The molecule has 0 unspecified atom stereocenters. The predicted molar refractivity (Wildman–Crippen MR) is 107 cm³/mol. The molecule has 1 atom stereocenters. The third-order valence-electron chi connectivity index (χ3n) is 4.01. The lowest BCUT2D eigenvalue weighted by atomic mass is 10.0. The molecule has 6 heteroatoms. The van der Waals surface area contributed by atoms with Gasteiger partial charge < -0.3 is 15.4 Å². The summed E-state index contributed by atoms with van der Waals surface area (Å²) in [6.45, 7) is 5.74. The molecule has 0 radical (unpaired) electrons.